The van der Waals surface area contributed by atoms with Crippen LogP contribution in [0.3, 0.4) is 0 Å². The van der Waals surface area contributed by atoms with Crippen molar-refractivity contribution in [3.63, 3.8) is 0 Å². The van der Waals surface area contributed by atoms with Crippen molar-refractivity contribution < 1.29 is 4.74 Å². The summed E-state index contributed by atoms with van der Waals surface area (Å²) in [7, 11) is 0. The molecule has 5 heteroatoms. The third kappa shape index (κ3) is 3.56. The summed E-state index contributed by atoms with van der Waals surface area (Å²) in [5.74, 6) is 0.820. The van der Waals surface area contributed by atoms with Gasteiger partial charge in [-0.05, 0) is 29.8 Å². The van der Waals surface area contributed by atoms with Gasteiger partial charge >= 0.3 is 0 Å². The van der Waals surface area contributed by atoms with Crippen LogP contribution in [-0.2, 0) is 13.0 Å². The summed E-state index contributed by atoms with van der Waals surface area (Å²) < 4.78 is 6.95. The predicted molar refractivity (Wildman–Crippen MR) is 90.9 cm³/mol. The van der Waals surface area contributed by atoms with Gasteiger partial charge in [-0.25, -0.2) is 4.98 Å². The molecule has 0 unspecified atom stereocenters. The molecule has 2 N–H and O–H groups in total. The van der Waals surface area contributed by atoms with Gasteiger partial charge in [0.15, 0.2) is 0 Å². The summed E-state index contributed by atoms with van der Waals surface area (Å²) in [5, 5.41) is 0.975. The van der Waals surface area contributed by atoms with Crippen molar-refractivity contribution in [2.24, 2.45) is 5.73 Å². The van der Waals surface area contributed by atoms with Crippen LogP contribution in [0.1, 0.15) is 10.6 Å². The van der Waals surface area contributed by atoms with Gasteiger partial charge in [-0.3, -0.25) is 0 Å². The van der Waals surface area contributed by atoms with Crippen molar-refractivity contribution in [3.05, 3.63) is 59.1 Å². The molecule has 0 amide bonds. The number of aromatic nitrogens is 1. The Morgan fingerprint density at radius 1 is 1.14 bits per heavy atom. The molecule has 0 bridgehead atoms. The van der Waals surface area contributed by atoms with E-state index < -0.39 is 0 Å². The topological polar surface area (TPSA) is 48.1 Å². The van der Waals surface area contributed by atoms with E-state index in [2.05, 4.69) is 11.1 Å². The minimum Gasteiger partial charge on any atom is -0.486 e. The van der Waals surface area contributed by atoms with Crippen LogP contribution in [0.15, 0.2) is 48.5 Å². The van der Waals surface area contributed by atoms with E-state index in [9.17, 15) is 0 Å². The molecule has 0 saturated heterocycles. The smallest absolute Gasteiger partial charge is 0.140 e. The van der Waals surface area contributed by atoms with Gasteiger partial charge in [0, 0.05) is 6.42 Å². The third-order valence-corrected chi connectivity index (χ3v) is 4.16. The van der Waals surface area contributed by atoms with Gasteiger partial charge in [0.1, 0.15) is 17.4 Å². The van der Waals surface area contributed by atoms with E-state index in [1.807, 2.05) is 42.5 Å². The Labute approximate surface area is 132 Å². The summed E-state index contributed by atoms with van der Waals surface area (Å²) >= 11 is 6.55. The Balaban J connectivity index is 1.65. The first-order valence-electron chi connectivity index (χ1n) is 6.55. The highest BCUT2D eigenvalue weighted by atomic mass is 32.1. The number of thiazole rings is 1. The van der Waals surface area contributed by atoms with Crippen LogP contribution in [0.5, 0.6) is 5.75 Å². The number of rotatable bonds is 5. The second-order valence-corrected chi connectivity index (χ2v) is 6.29. The number of nitrogens with two attached hydrogens (primary N) is 1. The third-order valence-electron chi connectivity index (χ3n) is 3.00. The molecule has 3 nitrogen and oxygen atoms in total. The van der Waals surface area contributed by atoms with Gasteiger partial charge in [-0.15, -0.1) is 11.3 Å². The standard InChI is InChI=1S/C16H14N2OS2/c17-15(20)9-11-5-7-12(8-6-11)19-10-16-18-13-3-1-2-4-14(13)21-16/h1-8H,9-10H2,(H2,17,20). The van der Waals surface area contributed by atoms with Crippen molar-refractivity contribution in [1.82, 2.24) is 4.98 Å². The Kier molecular flexibility index (Phi) is 4.13. The number of benzene rings is 2. The molecule has 3 aromatic rings. The molecule has 0 saturated carbocycles. The molecule has 0 spiro atoms. The Bertz CT molecular complexity index is 732. The summed E-state index contributed by atoms with van der Waals surface area (Å²) in [6.07, 6.45) is 0.619. The van der Waals surface area contributed by atoms with Crippen LogP contribution < -0.4 is 10.5 Å². The molecular weight excluding hydrogens is 300 g/mol. The summed E-state index contributed by atoms with van der Waals surface area (Å²) in [6.45, 7) is 0.480. The van der Waals surface area contributed by atoms with Crippen LogP contribution in [0.25, 0.3) is 10.2 Å². The van der Waals surface area contributed by atoms with Gasteiger partial charge in [-0.1, -0.05) is 36.5 Å². The molecule has 2 aromatic carbocycles. The van der Waals surface area contributed by atoms with E-state index >= 15 is 0 Å². The van der Waals surface area contributed by atoms with Crippen LogP contribution in [0.4, 0.5) is 0 Å². The number of nitrogens with zero attached hydrogens (tertiary/aromatic N) is 1. The first-order chi connectivity index (χ1) is 10.2. The maximum Gasteiger partial charge on any atom is 0.140 e. The lowest BCUT2D eigenvalue weighted by atomic mass is 10.1. The van der Waals surface area contributed by atoms with Gasteiger partial charge in [0.25, 0.3) is 0 Å². The highest BCUT2D eigenvalue weighted by molar-refractivity contribution is 7.80. The fourth-order valence-electron chi connectivity index (χ4n) is 2.03. The molecular formula is C16H14N2OS2. The zero-order valence-electron chi connectivity index (χ0n) is 11.3. The van der Waals surface area contributed by atoms with E-state index in [1.54, 1.807) is 11.3 Å². The monoisotopic (exact) mass is 314 g/mol. The number of hydrogen-bond acceptors (Lipinski definition) is 4. The van der Waals surface area contributed by atoms with E-state index in [0.717, 1.165) is 21.8 Å². The molecule has 1 aromatic heterocycles. The molecule has 21 heavy (non-hydrogen) atoms. The molecule has 0 aliphatic carbocycles. The van der Waals surface area contributed by atoms with Crippen molar-refractivity contribution >= 4 is 38.8 Å². The quantitative estimate of drug-likeness (QED) is 0.729. The molecule has 1 heterocycles. The summed E-state index contributed by atoms with van der Waals surface area (Å²) in [5.41, 5.74) is 7.64. The second kappa shape index (κ2) is 6.20. The average molecular weight is 314 g/mol. The van der Waals surface area contributed by atoms with Gasteiger partial charge < -0.3 is 10.5 Å². The van der Waals surface area contributed by atoms with Crippen LogP contribution in [0, 0.1) is 0 Å². The highest BCUT2D eigenvalue weighted by Gasteiger charge is 2.04. The van der Waals surface area contributed by atoms with Crippen molar-refractivity contribution in [1.29, 1.82) is 0 Å². The fraction of sp³-hybridized carbons (Fsp3) is 0.125. The number of para-hydroxylation sites is 1. The molecule has 3 rings (SSSR count). The van der Waals surface area contributed by atoms with Crippen LogP contribution in [-0.4, -0.2) is 9.97 Å². The molecule has 0 aliphatic heterocycles. The number of ether oxygens (including phenoxy) is 1. The van der Waals surface area contributed by atoms with E-state index in [1.165, 1.54) is 4.70 Å². The average Bonchev–Trinajstić information content (AvgIpc) is 2.89. The minimum absolute atomic E-state index is 0.480. The molecule has 0 fully saturated rings. The fourth-order valence-corrected chi connectivity index (χ4v) is 3.08. The second-order valence-electron chi connectivity index (χ2n) is 4.65. The zero-order chi connectivity index (χ0) is 14.7. The van der Waals surface area contributed by atoms with Gasteiger partial charge in [0.2, 0.25) is 0 Å². The summed E-state index contributed by atoms with van der Waals surface area (Å²) in [4.78, 5) is 5.04. The van der Waals surface area contributed by atoms with E-state index in [4.69, 9.17) is 22.7 Å². The lowest BCUT2D eigenvalue weighted by molar-refractivity contribution is 0.306. The van der Waals surface area contributed by atoms with Crippen LogP contribution in [0.2, 0.25) is 0 Å². The molecule has 0 aliphatic rings. The first kappa shape index (κ1) is 14.0. The maximum absolute atomic E-state index is 5.77. The highest BCUT2D eigenvalue weighted by Crippen LogP contribution is 2.23. The van der Waals surface area contributed by atoms with Crippen LogP contribution >= 0.6 is 23.6 Å². The van der Waals surface area contributed by atoms with E-state index in [0.29, 0.717) is 18.0 Å². The van der Waals surface area contributed by atoms with Gasteiger partial charge in [-0.2, -0.15) is 0 Å². The number of fused-ring (bicyclic) bond motifs is 1. The molecule has 0 atom stereocenters. The van der Waals surface area contributed by atoms with Crippen molar-refractivity contribution in [3.8, 4) is 5.75 Å². The minimum atomic E-state index is 0.480. The maximum atomic E-state index is 5.77. The van der Waals surface area contributed by atoms with Crippen molar-refractivity contribution in [2.45, 2.75) is 13.0 Å². The first-order valence-corrected chi connectivity index (χ1v) is 7.78. The SMILES string of the molecule is NC(=S)Cc1ccc(OCc2nc3ccccc3s2)cc1. The van der Waals surface area contributed by atoms with Gasteiger partial charge in [0.05, 0.1) is 15.2 Å². The largest absolute Gasteiger partial charge is 0.486 e. The summed E-state index contributed by atoms with van der Waals surface area (Å²) in [6, 6.07) is 15.9. The molecule has 0 radical (unpaired) electrons. The lowest BCUT2D eigenvalue weighted by Crippen LogP contribution is -2.10. The Hall–Kier alpha value is -1.98. The number of hydrogen-bond donors (Lipinski definition) is 1. The predicted octanol–water partition coefficient (Wildman–Crippen LogP) is 3.70. The van der Waals surface area contributed by atoms with E-state index in [-0.39, 0.29) is 0 Å². The Morgan fingerprint density at radius 3 is 2.62 bits per heavy atom. The zero-order valence-corrected chi connectivity index (χ0v) is 12.9. The number of thiocarbonyl (C=S) groups is 1. The Morgan fingerprint density at radius 2 is 1.90 bits per heavy atom. The van der Waals surface area contributed by atoms with Crippen molar-refractivity contribution in [2.75, 3.05) is 0 Å². The molecule has 106 valence electrons. The lowest BCUT2D eigenvalue weighted by Gasteiger charge is -2.05. The normalized spacial score (nSPS) is 10.7.